The van der Waals surface area contributed by atoms with Crippen molar-refractivity contribution in [1.29, 1.82) is 0 Å². The molecule has 0 bridgehead atoms. The lowest BCUT2D eigenvalue weighted by Gasteiger charge is -2.32. The second kappa shape index (κ2) is 12.7. The van der Waals surface area contributed by atoms with Crippen molar-refractivity contribution in [2.24, 2.45) is 5.92 Å². The quantitative estimate of drug-likeness (QED) is 0.612. The van der Waals surface area contributed by atoms with Crippen LogP contribution in [0.5, 0.6) is 5.75 Å². The number of likely N-dealkylation sites (tertiary alicyclic amines) is 1. The fourth-order valence-electron chi connectivity index (χ4n) is 3.30. The van der Waals surface area contributed by atoms with Gasteiger partial charge in [0.15, 0.2) is 5.78 Å². The number of amides is 1. The Hall–Kier alpha value is -1.59. The molecule has 0 unspecified atom stereocenters. The SMILES string of the molecule is CCCOc1ccc(C(=O)CCC(=O)N2CCC(CCNC)CC2)cc1.Cl. The number of nitrogens with zero attached hydrogens (tertiary/aromatic N) is 1. The predicted molar refractivity (Wildman–Crippen MR) is 111 cm³/mol. The summed E-state index contributed by atoms with van der Waals surface area (Å²) >= 11 is 0. The molecule has 0 aromatic heterocycles. The van der Waals surface area contributed by atoms with Gasteiger partial charge in [0, 0.05) is 31.5 Å². The molecule has 2 rings (SSSR count). The average Bonchev–Trinajstić information content (AvgIpc) is 2.69. The number of Topliss-reactive ketones (excluding diaryl/α,β-unsaturated/α-hetero) is 1. The van der Waals surface area contributed by atoms with E-state index in [4.69, 9.17) is 4.74 Å². The summed E-state index contributed by atoms with van der Waals surface area (Å²) in [6.07, 6.45) is 4.84. The van der Waals surface area contributed by atoms with Crippen molar-refractivity contribution >= 4 is 24.1 Å². The lowest BCUT2D eigenvalue weighted by atomic mass is 9.93. The average molecular weight is 397 g/mol. The number of carbonyl (C=O) groups is 2. The third-order valence-electron chi connectivity index (χ3n) is 4.98. The zero-order valence-electron chi connectivity index (χ0n) is 16.5. The molecule has 1 N–H and O–H groups in total. The first-order chi connectivity index (χ1) is 12.6. The number of halogens is 1. The van der Waals surface area contributed by atoms with Crippen molar-refractivity contribution in [3.8, 4) is 5.75 Å². The Morgan fingerprint density at radius 1 is 1.15 bits per heavy atom. The summed E-state index contributed by atoms with van der Waals surface area (Å²) in [5.74, 6) is 1.61. The van der Waals surface area contributed by atoms with Gasteiger partial charge in [0.05, 0.1) is 6.61 Å². The topological polar surface area (TPSA) is 58.6 Å². The molecule has 1 aliphatic rings. The highest BCUT2D eigenvalue weighted by atomic mass is 35.5. The molecule has 6 heteroatoms. The number of ether oxygens (including phenoxy) is 1. The fourth-order valence-corrected chi connectivity index (χ4v) is 3.30. The number of carbonyl (C=O) groups excluding carboxylic acids is 2. The summed E-state index contributed by atoms with van der Waals surface area (Å²) in [4.78, 5) is 26.6. The standard InChI is InChI=1S/C21H32N2O3.ClH/c1-3-16-26-19-6-4-18(5-7-19)20(24)8-9-21(25)23-14-11-17(12-15-23)10-13-22-2;/h4-7,17,22H,3,8-16H2,1-2H3;1H. The maximum atomic E-state index is 12.4. The van der Waals surface area contributed by atoms with Crippen LogP contribution < -0.4 is 10.1 Å². The summed E-state index contributed by atoms with van der Waals surface area (Å²) in [5.41, 5.74) is 0.646. The van der Waals surface area contributed by atoms with Crippen molar-refractivity contribution < 1.29 is 14.3 Å². The van der Waals surface area contributed by atoms with Gasteiger partial charge in [-0.3, -0.25) is 9.59 Å². The van der Waals surface area contributed by atoms with Crippen LogP contribution in [-0.4, -0.2) is 49.9 Å². The fraction of sp³-hybridized carbons (Fsp3) is 0.619. The number of hydrogen-bond acceptors (Lipinski definition) is 4. The molecule has 0 saturated carbocycles. The normalized spacial score (nSPS) is 14.5. The number of piperidine rings is 1. The largest absolute Gasteiger partial charge is 0.494 e. The van der Waals surface area contributed by atoms with E-state index < -0.39 is 0 Å². The molecule has 0 aliphatic carbocycles. The Balaban J connectivity index is 0.00000364. The molecule has 0 atom stereocenters. The van der Waals surface area contributed by atoms with Crippen LogP contribution in [0.15, 0.2) is 24.3 Å². The van der Waals surface area contributed by atoms with E-state index in [0.717, 1.165) is 44.6 Å². The Morgan fingerprint density at radius 2 is 1.81 bits per heavy atom. The van der Waals surface area contributed by atoms with E-state index in [1.54, 1.807) is 12.1 Å². The molecule has 1 saturated heterocycles. The van der Waals surface area contributed by atoms with Gasteiger partial charge in [-0.15, -0.1) is 12.4 Å². The summed E-state index contributed by atoms with van der Waals surface area (Å²) < 4.78 is 5.52. The minimum atomic E-state index is 0. The van der Waals surface area contributed by atoms with Crippen molar-refractivity contribution in [3.63, 3.8) is 0 Å². The van der Waals surface area contributed by atoms with E-state index >= 15 is 0 Å². The minimum absolute atomic E-state index is 0. The molecule has 1 amide bonds. The van der Waals surface area contributed by atoms with Gasteiger partial charge < -0.3 is 15.0 Å². The maximum Gasteiger partial charge on any atom is 0.223 e. The Labute approximate surface area is 169 Å². The summed E-state index contributed by atoms with van der Waals surface area (Å²) in [6.45, 7) is 5.42. The molecule has 1 aliphatic heterocycles. The van der Waals surface area contributed by atoms with E-state index in [9.17, 15) is 9.59 Å². The molecule has 0 spiro atoms. The summed E-state index contributed by atoms with van der Waals surface area (Å²) in [5, 5.41) is 3.18. The lowest BCUT2D eigenvalue weighted by Crippen LogP contribution is -2.39. The summed E-state index contributed by atoms with van der Waals surface area (Å²) in [6, 6.07) is 7.21. The number of ketones is 1. The van der Waals surface area contributed by atoms with Gasteiger partial charge >= 0.3 is 0 Å². The second-order valence-electron chi connectivity index (χ2n) is 7.01. The first kappa shape index (κ1) is 23.4. The second-order valence-corrected chi connectivity index (χ2v) is 7.01. The minimum Gasteiger partial charge on any atom is -0.494 e. The van der Waals surface area contributed by atoms with Crippen LogP contribution >= 0.6 is 12.4 Å². The zero-order valence-corrected chi connectivity index (χ0v) is 17.4. The van der Waals surface area contributed by atoms with Gasteiger partial charge in [-0.25, -0.2) is 0 Å². The monoisotopic (exact) mass is 396 g/mol. The molecule has 1 fully saturated rings. The maximum absolute atomic E-state index is 12.4. The molecule has 5 nitrogen and oxygen atoms in total. The highest BCUT2D eigenvalue weighted by Crippen LogP contribution is 2.21. The van der Waals surface area contributed by atoms with Crippen molar-refractivity contribution in [2.45, 2.75) is 45.4 Å². The van der Waals surface area contributed by atoms with Crippen LogP contribution in [0.25, 0.3) is 0 Å². The van der Waals surface area contributed by atoms with Gasteiger partial charge in [0.25, 0.3) is 0 Å². The highest BCUT2D eigenvalue weighted by Gasteiger charge is 2.22. The molecule has 1 aromatic rings. The number of nitrogens with one attached hydrogen (secondary N) is 1. The Morgan fingerprint density at radius 3 is 2.41 bits per heavy atom. The first-order valence-electron chi connectivity index (χ1n) is 9.82. The van der Waals surface area contributed by atoms with Crippen LogP contribution in [0, 0.1) is 5.92 Å². The van der Waals surface area contributed by atoms with Crippen LogP contribution in [0.4, 0.5) is 0 Å². The number of benzene rings is 1. The predicted octanol–water partition coefficient (Wildman–Crippen LogP) is 3.71. The van der Waals surface area contributed by atoms with Crippen LogP contribution in [0.3, 0.4) is 0 Å². The van der Waals surface area contributed by atoms with Gasteiger partial charge in [-0.05, 0) is 69.5 Å². The molecule has 27 heavy (non-hydrogen) atoms. The van der Waals surface area contributed by atoms with Crippen LogP contribution in [0.2, 0.25) is 0 Å². The number of rotatable bonds is 10. The van der Waals surface area contributed by atoms with E-state index in [1.165, 1.54) is 6.42 Å². The van der Waals surface area contributed by atoms with Crippen molar-refractivity contribution in [1.82, 2.24) is 10.2 Å². The van der Waals surface area contributed by atoms with Crippen LogP contribution in [-0.2, 0) is 4.79 Å². The smallest absolute Gasteiger partial charge is 0.223 e. The lowest BCUT2D eigenvalue weighted by molar-refractivity contribution is -0.132. The summed E-state index contributed by atoms with van der Waals surface area (Å²) in [7, 11) is 1.97. The first-order valence-corrected chi connectivity index (χ1v) is 9.82. The Bertz CT molecular complexity index is 569. The highest BCUT2D eigenvalue weighted by molar-refractivity contribution is 5.98. The van der Waals surface area contributed by atoms with E-state index in [-0.39, 0.29) is 30.5 Å². The van der Waals surface area contributed by atoms with E-state index in [1.807, 2.05) is 24.1 Å². The molecule has 0 radical (unpaired) electrons. The van der Waals surface area contributed by atoms with Gasteiger partial charge in [0.2, 0.25) is 5.91 Å². The van der Waals surface area contributed by atoms with Gasteiger partial charge in [-0.2, -0.15) is 0 Å². The molecular weight excluding hydrogens is 364 g/mol. The van der Waals surface area contributed by atoms with Gasteiger partial charge in [0.1, 0.15) is 5.75 Å². The third kappa shape index (κ3) is 7.89. The van der Waals surface area contributed by atoms with Crippen molar-refractivity contribution in [3.05, 3.63) is 29.8 Å². The van der Waals surface area contributed by atoms with Gasteiger partial charge in [-0.1, -0.05) is 6.92 Å². The van der Waals surface area contributed by atoms with Crippen LogP contribution in [0.1, 0.15) is 55.8 Å². The Kier molecular flexibility index (Phi) is 11.1. The molecule has 1 aromatic carbocycles. The third-order valence-corrected chi connectivity index (χ3v) is 4.98. The zero-order chi connectivity index (χ0) is 18.8. The van der Waals surface area contributed by atoms with E-state index in [2.05, 4.69) is 12.2 Å². The number of hydrogen-bond donors (Lipinski definition) is 1. The van der Waals surface area contributed by atoms with Crippen molar-refractivity contribution in [2.75, 3.05) is 33.3 Å². The molecular formula is C21H33ClN2O3. The van der Waals surface area contributed by atoms with E-state index in [0.29, 0.717) is 24.5 Å². The molecule has 1 heterocycles. The molecule has 152 valence electrons.